The van der Waals surface area contributed by atoms with Crippen LogP contribution in [0, 0.1) is 5.82 Å². The number of amides is 3. The van der Waals surface area contributed by atoms with E-state index in [4.69, 9.17) is 27.3 Å². The van der Waals surface area contributed by atoms with Gasteiger partial charge in [0.25, 0.3) is 11.8 Å². The Balaban J connectivity index is 1.23. The van der Waals surface area contributed by atoms with Gasteiger partial charge in [-0.3, -0.25) is 19.2 Å². The monoisotopic (exact) mass is 734 g/mol. The molecule has 0 unspecified atom stereocenters. The van der Waals surface area contributed by atoms with Crippen LogP contribution in [0.25, 0.3) is 0 Å². The van der Waals surface area contributed by atoms with Crippen LogP contribution in [0.3, 0.4) is 0 Å². The van der Waals surface area contributed by atoms with Gasteiger partial charge in [0.15, 0.2) is 5.82 Å². The number of rotatable bonds is 10. The van der Waals surface area contributed by atoms with Crippen molar-refractivity contribution in [3.8, 4) is 0 Å². The molecule has 0 spiro atoms. The number of aliphatic carboxylic acids is 1. The SMILES string of the molecule is N[C@@H](CCC(=O)N1CCN(c2cccc3c2CCN(C(=O)[C@H]2CC(c4cccc(Cl)c4F)=NO2)[C@@H]3C(=O)Nc2ccc(C(=O)O)cc2)CC1)C(=O)O. The molecule has 0 aliphatic carbocycles. The number of nitrogens with two attached hydrogens (primary N) is 1. The van der Waals surface area contributed by atoms with Gasteiger partial charge in [0.2, 0.25) is 12.0 Å². The maximum atomic E-state index is 14.8. The van der Waals surface area contributed by atoms with E-state index in [0.717, 1.165) is 11.3 Å². The minimum Gasteiger partial charge on any atom is -0.480 e. The lowest BCUT2D eigenvalue weighted by molar-refractivity contribution is -0.148. The summed E-state index contributed by atoms with van der Waals surface area (Å²) in [4.78, 5) is 74.2. The molecule has 0 aromatic heterocycles. The molecule has 272 valence electrons. The number of carboxylic acid groups (broad SMARTS) is 2. The molecule has 1 saturated heterocycles. The molecule has 5 N–H and O–H groups in total. The first-order valence-electron chi connectivity index (χ1n) is 16.7. The smallest absolute Gasteiger partial charge is 0.335 e. The van der Waals surface area contributed by atoms with Crippen molar-refractivity contribution < 1.29 is 43.4 Å². The highest BCUT2D eigenvalue weighted by Gasteiger charge is 2.42. The number of carbonyl (C=O) groups is 5. The number of nitrogens with zero attached hydrogens (tertiary/aromatic N) is 4. The van der Waals surface area contributed by atoms with Crippen LogP contribution in [0.2, 0.25) is 5.02 Å². The van der Waals surface area contributed by atoms with Gasteiger partial charge in [-0.15, -0.1) is 0 Å². The molecule has 3 aromatic carbocycles. The third-order valence-electron chi connectivity index (χ3n) is 9.49. The second kappa shape index (κ2) is 15.4. The van der Waals surface area contributed by atoms with Gasteiger partial charge in [0.1, 0.15) is 12.1 Å². The average molecular weight is 735 g/mol. The Hall–Kier alpha value is -5.54. The number of anilines is 2. The Morgan fingerprint density at radius 1 is 0.981 bits per heavy atom. The van der Waals surface area contributed by atoms with E-state index < -0.39 is 47.8 Å². The molecule has 3 atom stereocenters. The zero-order chi connectivity index (χ0) is 37.1. The molecule has 52 heavy (non-hydrogen) atoms. The van der Waals surface area contributed by atoms with Crippen molar-refractivity contribution in [3.05, 3.63) is 93.8 Å². The van der Waals surface area contributed by atoms with Crippen LogP contribution in [-0.2, 0) is 30.4 Å². The third kappa shape index (κ3) is 7.55. The first kappa shape index (κ1) is 36.3. The lowest BCUT2D eigenvalue weighted by Crippen LogP contribution is -2.51. The number of benzene rings is 3. The molecular formula is C36H36ClFN6O8. The van der Waals surface area contributed by atoms with Gasteiger partial charge in [-0.05, 0) is 66.4 Å². The molecule has 0 saturated carbocycles. The number of piperazine rings is 1. The second-order valence-corrected chi connectivity index (χ2v) is 13.1. The number of halogens is 2. The molecule has 3 aliphatic rings. The number of carbonyl (C=O) groups excluding carboxylic acids is 3. The summed E-state index contributed by atoms with van der Waals surface area (Å²) in [5.41, 5.74) is 8.55. The number of aromatic carboxylic acids is 1. The fourth-order valence-electron chi connectivity index (χ4n) is 6.71. The number of carboxylic acids is 2. The van der Waals surface area contributed by atoms with Crippen molar-refractivity contribution in [2.24, 2.45) is 10.9 Å². The van der Waals surface area contributed by atoms with Gasteiger partial charge >= 0.3 is 11.9 Å². The summed E-state index contributed by atoms with van der Waals surface area (Å²) in [6.07, 6.45) is -0.711. The van der Waals surface area contributed by atoms with Crippen molar-refractivity contribution in [2.45, 2.75) is 43.9 Å². The topological polar surface area (TPSA) is 195 Å². The Morgan fingerprint density at radius 3 is 2.38 bits per heavy atom. The minimum absolute atomic E-state index is 0.0270. The van der Waals surface area contributed by atoms with E-state index in [9.17, 15) is 33.5 Å². The molecular weight excluding hydrogens is 699 g/mol. The summed E-state index contributed by atoms with van der Waals surface area (Å²) in [7, 11) is 0. The molecule has 3 amide bonds. The molecule has 0 bridgehead atoms. The van der Waals surface area contributed by atoms with Gasteiger partial charge in [-0.1, -0.05) is 35.0 Å². The Bertz CT molecular complexity index is 1930. The van der Waals surface area contributed by atoms with Crippen LogP contribution in [0.1, 0.15) is 52.4 Å². The molecule has 14 nitrogen and oxygen atoms in total. The van der Waals surface area contributed by atoms with Crippen molar-refractivity contribution in [3.63, 3.8) is 0 Å². The van der Waals surface area contributed by atoms with E-state index >= 15 is 0 Å². The number of hydrogen-bond donors (Lipinski definition) is 4. The molecule has 3 heterocycles. The average Bonchev–Trinajstić information content (AvgIpc) is 3.64. The predicted molar refractivity (Wildman–Crippen MR) is 188 cm³/mol. The van der Waals surface area contributed by atoms with Crippen molar-refractivity contribution in [2.75, 3.05) is 42.9 Å². The fraction of sp³-hybridized carbons (Fsp3) is 0.333. The molecule has 1 fully saturated rings. The first-order valence-corrected chi connectivity index (χ1v) is 17.1. The van der Waals surface area contributed by atoms with Gasteiger partial charge in [-0.2, -0.15) is 0 Å². The summed E-state index contributed by atoms with van der Waals surface area (Å²) >= 11 is 5.97. The van der Waals surface area contributed by atoms with Gasteiger partial charge in [0.05, 0.1) is 16.3 Å². The van der Waals surface area contributed by atoms with E-state index in [-0.39, 0.29) is 53.6 Å². The first-order chi connectivity index (χ1) is 24.9. The quantitative estimate of drug-likeness (QED) is 0.240. The number of oxime groups is 1. The van der Waals surface area contributed by atoms with Crippen LogP contribution in [-0.4, -0.2) is 100 Å². The minimum atomic E-state index is -1.16. The highest BCUT2D eigenvalue weighted by molar-refractivity contribution is 6.31. The van der Waals surface area contributed by atoms with Crippen LogP contribution in [0.15, 0.2) is 65.8 Å². The zero-order valence-electron chi connectivity index (χ0n) is 27.8. The number of nitrogens with one attached hydrogen (secondary N) is 1. The van der Waals surface area contributed by atoms with Crippen LogP contribution >= 0.6 is 11.6 Å². The molecule has 3 aromatic rings. The predicted octanol–water partition coefficient (Wildman–Crippen LogP) is 3.28. The Morgan fingerprint density at radius 2 is 1.69 bits per heavy atom. The van der Waals surface area contributed by atoms with Gasteiger partial charge in [0, 0.05) is 62.5 Å². The largest absolute Gasteiger partial charge is 0.480 e. The maximum Gasteiger partial charge on any atom is 0.335 e. The molecule has 3 aliphatic heterocycles. The molecule has 16 heteroatoms. The van der Waals surface area contributed by atoms with Crippen LogP contribution < -0.4 is 16.0 Å². The number of fused-ring (bicyclic) bond motifs is 1. The fourth-order valence-corrected chi connectivity index (χ4v) is 6.89. The third-order valence-corrected chi connectivity index (χ3v) is 9.79. The summed E-state index contributed by atoms with van der Waals surface area (Å²) in [5.74, 6) is -4.19. The van der Waals surface area contributed by atoms with E-state index in [1.54, 1.807) is 23.1 Å². The highest BCUT2D eigenvalue weighted by atomic mass is 35.5. The van der Waals surface area contributed by atoms with E-state index in [1.807, 2.05) is 6.07 Å². The highest BCUT2D eigenvalue weighted by Crippen LogP contribution is 2.38. The van der Waals surface area contributed by atoms with Crippen molar-refractivity contribution >= 4 is 58.3 Å². The summed E-state index contributed by atoms with van der Waals surface area (Å²) in [6, 6.07) is 13.4. The normalized spacial score (nSPS) is 18.9. The van der Waals surface area contributed by atoms with Crippen molar-refractivity contribution in [1.29, 1.82) is 0 Å². The summed E-state index contributed by atoms with van der Waals surface area (Å²) in [5, 5.41) is 25.1. The van der Waals surface area contributed by atoms with Gasteiger partial charge < -0.3 is 40.8 Å². The van der Waals surface area contributed by atoms with Gasteiger partial charge in [-0.25, -0.2) is 9.18 Å². The second-order valence-electron chi connectivity index (χ2n) is 12.7. The lowest BCUT2D eigenvalue weighted by Gasteiger charge is -2.41. The zero-order valence-corrected chi connectivity index (χ0v) is 28.6. The molecule has 0 radical (unpaired) electrons. The number of hydrogen-bond acceptors (Lipinski definition) is 9. The Labute approximate surface area is 302 Å². The summed E-state index contributed by atoms with van der Waals surface area (Å²) < 4.78 is 14.8. The van der Waals surface area contributed by atoms with Crippen LogP contribution in [0.5, 0.6) is 0 Å². The van der Waals surface area contributed by atoms with Crippen molar-refractivity contribution in [1.82, 2.24) is 9.80 Å². The maximum absolute atomic E-state index is 14.8. The lowest BCUT2D eigenvalue weighted by atomic mass is 9.89. The van der Waals surface area contributed by atoms with Crippen LogP contribution in [0.4, 0.5) is 15.8 Å². The standard InChI is InChI=1S/C36H36ClFN6O8/c37-25-5-1-4-24(31(25)38)27-19-29(52-41-27)34(47)44-14-13-22-23(32(44)33(46)40-21-9-7-20(8-10-21)35(48)49)3-2-6-28(22)42-15-17-43(18-16-42)30(45)12-11-26(39)36(50)51/h1-10,26,29,32H,11-19,39H2,(H,40,46)(H,48,49)(H,50,51)/t26-,29+,32-/m0/s1. The van der Waals surface area contributed by atoms with E-state index in [1.165, 1.54) is 41.3 Å². The van der Waals surface area contributed by atoms with E-state index in [2.05, 4.69) is 15.4 Å². The summed E-state index contributed by atoms with van der Waals surface area (Å²) in [6.45, 7) is 1.92. The molecule has 6 rings (SSSR count). The van der Waals surface area contributed by atoms with E-state index in [0.29, 0.717) is 43.9 Å². The Kier molecular flexibility index (Phi) is 10.7.